The Kier molecular flexibility index (Phi) is 5.27. The molecule has 0 bridgehead atoms. The molecule has 0 aliphatic carbocycles. The zero-order valence-corrected chi connectivity index (χ0v) is 12.0. The molecule has 114 valence electrons. The first-order chi connectivity index (χ1) is 10.1. The van der Waals surface area contributed by atoms with Crippen molar-refractivity contribution in [2.24, 2.45) is 0 Å². The zero-order chi connectivity index (χ0) is 15.2. The maximum absolute atomic E-state index is 12.0. The maximum atomic E-state index is 12.0. The first-order valence-electron chi connectivity index (χ1n) is 7.32. The molecule has 1 aromatic carbocycles. The van der Waals surface area contributed by atoms with Gasteiger partial charge < -0.3 is 10.0 Å². The number of carbonyl (C=O) groups excluding carboxylic acids is 1. The van der Waals surface area contributed by atoms with Gasteiger partial charge in [-0.15, -0.1) is 0 Å². The summed E-state index contributed by atoms with van der Waals surface area (Å²) < 4.78 is 0. The monoisotopic (exact) mass is 292 g/mol. The average molecular weight is 292 g/mol. The summed E-state index contributed by atoms with van der Waals surface area (Å²) in [6, 6.07) is 4.70. The quantitative estimate of drug-likeness (QED) is 0.475. The molecule has 1 heterocycles. The zero-order valence-electron chi connectivity index (χ0n) is 12.0. The van der Waals surface area contributed by atoms with Crippen molar-refractivity contribution < 1.29 is 14.8 Å². The van der Waals surface area contributed by atoms with Gasteiger partial charge in [0.1, 0.15) is 0 Å². The number of nitro groups is 1. The van der Waals surface area contributed by atoms with Gasteiger partial charge in [0.15, 0.2) is 0 Å². The lowest BCUT2D eigenvalue weighted by atomic mass is 10.00. The number of nitro benzene ring substituents is 1. The minimum Gasteiger partial charge on any atom is -0.396 e. The number of fused-ring (bicyclic) bond motifs is 1. The van der Waals surface area contributed by atoms with Crippen LogP contribution >= 0.6 is 0 Å². The highest BCUT2D eigenvalue weighted by Gasteiger charge is 2.25. The van der Waals surface area contributed by atoms with Crippen LogP contribution in [0.5, 0.6) is 0 Å². The minimum absolute atomic E-state index is 0.0750. The Balaban J connectivity index is 2.05. The second-order valence-corrected chi connectivity index (χ2v) is 5.25. The first-order valence-corrected chi connectivity index (χ1v) is 7.32. The summed E-state index contributed by atoms with van der Waals surface area (Å²) in [5.74, 6) is 0.0820. The van der Waals surface area contributed by atoms with E-state index in [0.29, 0.717) is 19.4 Å². The summed E-state index contributed by atoms with van der Waals surface area (Å²) >= 11 is 0. The van der Waals surface area contributed by atoms with Gasteiger partial charge >= 0.3 is 0 Å². The van der Waals surface area contributed by atoms with Gasteiger partial charge in [0.25, 0.3) is 5.69 Å². The van der Waals surface area contributed by atoms with Crippen LogP contribution in [0.3, 0.4) is 0 Å². The molecule has 0 unspecified atom stereocenters. The standard InChI is InChI=1S/C15H20N2O4/c18-10-4-2-1-3-9-16-14-7-6-13(17(20)21)11-12(14)5-8-15(16)19/h6-7,11,18H,1-5,8-10H2. The largest absolute Gasteiger partial charge is 0.396 e. The number of aliphatic hydroxyl groups is 1. The normalized spacial score (nSPS) is 14.1. The second kappa shape index (κ2) is 7.17. The van der Waals surface area contributed by atoms with E-state index in [1.807, 2.05) is 0 Å². The molecule has 6 heteroatoms. The van der Waals surface area contributed by atoms with Crippen molar-refractivity contribution in [3.05, 3.63) is 33.9 Å². The van der Waals surface area contributed by atoms with Crippen molar-refractivity contribution in [2.75, 3.05) is 18.1 Å². The van der Waals surface area contributed by atoms with Gasteiger partial charge in [0.2, 0.25) is 5.91 Å². The number of carbonyl (C=O) groups is 1. The Morgan fingerprint density at radius 2 is 1.95 bits per heavy atom. The molecule has 2 rings (SSSR count). The van der Waals surface area contributed by atoms with Crippen LogP contribution in [-0.2, 0) is 11.2 Å². The molecular formula is C15H20N2O4. The van der Waals surface area contributed by atoms with Crippen molar-refractivity contribution in [3.63, 3.8) is 0 Å². The van der Waals surface area contributed by atoms with Crippen LogP contribution in [0.2, 0.25) is 0 Å². The summed E-state index contributed by atoms with van der Waals surface area (Å²) in [5.41, 5.74) is 1.75. The van der Waals surface area contributed by atoms with Crippen molar-refractivity contribution in [1.82, 2.24) is 0 Å². The van der Waals surface area contributed by atoms with E-state index in [1.54, 1.807) is 17.0 Å². The Hall–Kier alpha value is -1.95. The third-order valence-corrected chi connectivity index (χ3v) is 3.76. The summed E-state index contributed by atoms with van der Waals surface area (Å²) in [4.78, 5) is 24.2. The number of benzene rings is 1. The number of nitrogens with zero attached hydrogens (tertiary/aromatic N) is 2. The van der Waals surface area contributed by atoms with E-state index in [-0.39, 0.29) is 18.2 Å². The Morgan fingerprint density at radius 3 is 2.67 bits per heavy atom. The molecule has 0 spiro atoms. The van der Waals surface area contributed by atoms with Crippen LogP contribution in [-0.4, -0.2) is 29.1 Å². The molecule has 0 aromatic heterocycles. The SMILES string of the molecule is O=C1CCc2cc([N+](=O)[O-])ccc2N1CCCCCCO. The van der Waals surface area contributed by atoms with Gasteiger partial charge in [-0.25, -0.2) is 0 Å². The van der Waals surface area contributed by atoms with Crippen LogP contribution in [0.4, 0.5) is 11.4 Å². The highest BCUT2D eigenvalue weighted by Crippen LogP contribution is 2.31. The first kappa shape index (κ1) is 15.4. The Bertz CT molecular complexity index is 530. The molecule has 0 saturated heterocycles. The van der Waals surface area contributed by atoms with E-state index in [9.17, 15) is 14.9 Å². The number of rotatable bonds is 7. The van der Waals surface area contributed by atoms with Gasteiger partial charge in [0, 0.05) is 37.4 Å². The average Bonchev–Trinajstić information content (AvgIpc) is 2.48. The highest BCUT2D eigenvalue weighted by atomic mass is 16.6. The molecular weight excluding hydrogens is 272 g/mol. The number of aryl methyl sites for hydroxylation is 1. The van der Waals surface area contributed by atoms with Crippen molar-refractivity contribution >= 4 is 17.3 Å². The van der Waals surface area contributed by atoms with E-state index in [1.165, 1.54) is 6.07 Å². The van der Waals surface area contributed by atoms with Gasteiger partial charge in [-0.05, 0) is 30.9 Å². The number of non-ortho nitro benzene ring substituents is 1. The molecule has 0 saturated carbocycles. The molecule has 1 N–H and O–H groups in total. The predicted octanol–water partition coefficient (Wildman–Crippen LogP) is 2.43. The lowest BCUT2D eigenvalue weighted by Gasteiger charge is -2.29. The highest BCUT2D eigenvalue weighted by molar-refractivity contribution is 5.96. The van der Waals surface area contributed by atoms with Gasteiger partial charge in [0.05, 0.1) is 4.92 Å². The summed E-state index contributed by atoms with van der Waals surface area (Å²) in [6.45, 7) is 0.838. The number of anilines is 1. The molecule has 6 nitrogen and oxygen atoms in total. The summed E-state index contributed by atoms with van der Waals surface area (Å²) in [5, 5.41) is 19.5. The number of amides is 1. The molecule has 0 radical (unpaired) electrons. The number of hydrogen-bond donors (Lipinski definition) is 1. The fourth-order valence-corrected chi connectivity index (χ4v) is 2.64. The third kappa shape index (κ3) is 3.78. The van der Waals surface area contributed by atoms with Crippen molar-refractivity contribution in [2.45, 2.75) is 38.5 Å². The number of unbranched alkanes of at least 4 members (excludes halogenated alkanes) is 3. The lowest BCUT2D eigenvalue weighted by molar-refractivity contribution is -0.384. The molecule has 1 aliphatic heterocycles. The van der Waals surface area contributed by atoms with Crippen molar-refractivity contribution in [1.29, 1.82) is 0 Å². The lowest BCUT2D eigenvalue weighted by Crippen LogP contribution is -2.35. The van der Waals surface area contributed by atoms with E-state index < -0.39 is 4.92 Å². The van der Waals surface area contributed by atoms with Gasteiger partial charge in [-0.3, -0.25) is 14.9 Å². The van der Waals surface area contributed by atoms with E-state index in [0.717, 1.165) is 36.9 Å². The van der Waals surface area contributed by atoms with E-state index in [2.05, 4.69) is 0 Å². The molecule has 1 aliphatic rings. The molecule has 1 aromatic rings. The fraction of sp³-hybridized carbons (Fsp3) is 0.533. The Labute approximate surface area is 123 Å². The maximum Gasteiger partial charge on any atom is 0.269 e. The predicted molar refractivity (Wildman–Crippen MR) is 79.3 cm³/mol. The minimum atomic E-state index is -0.407. The number of hydrogen-bond acceptors (Lipinski definition) is 4. The van der Waals surface area contributed by atoms with Crippen LogP contribution in [0.15, 0.2) is 18.2 Å². The molecule has 0 fully saturated rings. The Morgan fingerprint density at radius 1 is 1.19 bits per heavy atom. The van der Waals surface area contributed by atoms with E-state index >= 15 is 0 Å². The molecule has 21 heavy (non-hydrogen) atoms. The van der Waals surface area contributed by atoms with Crippen LogP contribution < -0.4 is 4.90 Å². The van der Waals surface area contributed by atoms with Gasteiger partial charge in [-0.1, -0.05) is 12.8 Å². The topological polar surface area (TPSA) is 83.7 Å². The molecule has 0 atom stereocenters. The van der Waals surface area contributed by atoms with Crippen LogP contribution in [0, 0.1) is 10.1 Å². The molecule has 1 amide bonds. The van der Waals surface area contributed by atoms with Crippen LogP contribution in [0.1, 0.15) is 37.7 Å². The van der Waals surface area contributed by atoms with E-state index in [4.69, 9.17) is 5.11 Å². The fourth-order valence-electron chi connectivity index (χ4n) is 2.64. The third-order valence-electron chi connectivity index (χ3n) is 3.76. The second-order valence-electron chi connectivity index (χ2n) is 5.25. The summed E-state index contributed by atoms with van der Waals surface area (Å²) in [7, 11) is 0. The summed E-state index contributed by atoms with van der Waals surface area (Å²) in [6.07, 6.45) is 4.55. The van der Waals surface area contributed by atoms with Gasteiger partial charge in [-0.2, -0.15) is 0 Å². The van der Waals surface area contributed by atoms with Crippen molar-refractivity contribution in [3.8, 4) is 0 Å². The smallest absolute Gasteiger partial charge is 0.269 e. The number of aliphatic hydroxyl groups excluding tert-OH is 1. The van der Waals surface area contributed by atoms with Crippen LogP contribution in [0.25, 0.3) is 0 Å².